The van der Waals surface area contributed by atoms with Crippen LogP contribution in [0.5, 0.6) is 0 Å². The molecule has 0 bridgehead atoms. The van der Waals surface area contributed by atoms with E-state index in [0.717, 1.165) is 10.9 Å². The van der Waals surface area contributed by atoms with Crippen molar-refractivity contribution < 1.29 is 14.0 Å². The van der Waals surface area contributed by atoms with E-state index in [1.165, 1.54) is 6.26 Å². The Bertz CT molecular complexity index is 949. The molecule has 1 heterocycles. The molecular formula is C18H14Cl2N2O3. The van der Waals surface area contributed by atoms with E-state index in [4.69, 9.17) is 27.6 Å². The molecule has 25 heavy (non-hydrogen) atoms. The third-order valence-corrected chi connectivity index (χ3v) is 4.37. The lowest BCUT2D eigenvalue weighted by Crippen LogP contribution is -2.42. The molecule has 0 fully saturated rings. The number of halogens is 2. The zero-order chi connectivity index (χ0) is 18.0. The maximum absolute atomic E-state index is 12.1. The number of carbonyl (C=O) groups is 2. The Morgan fingerprint density at radius 3 is 2.52 bits per heavy atom. The first kappa shape index (κ1) is 17.3. The number of carbonyl (C=O) groups excluding carboxylic acids is 2. The van der Waals surface area contributed by atoms with Crippen LogP contribution in [0.1, 0.15) is 21.5 Å². The molecule has 2 aromatic carbocycles. The Morgan fingerprint density at radius 1 is 1.08 bits per heavy atom. The molecule has 3 rings (SSSR count). The Morgan fingerprint density at radius 2 is 1.80 bits per heavy atom. The van der Waals surface area contributed by atoms with E-state index < -0.39 is 5.91 Å². The van der Waals surface area contributed by atoms with Gasteiger partial charge in [0.2, 0.25) is 5.91 Å². The molecular weight excluding hydrogens is 363 g/mol. The van der Waals surface area contributed by atoms with Crippen LogP contribution in [0.3, 0.4) is 0 Å². The maximum atomic E-state index is 12.1. The van der Waals surface area contributed by atoms with Crippen LogP contribution in [0.15, 0.2) is 47.1 Å². The SMILES string of the molecule is Cc1cc2occ(CC(=O)NNC(=O)c3ccc(Cl)cc3)c2cc1Cl. The van der Waals surface area contributed by atoms with Gasteiger partial charge in [-0.1, -0.05) is 23.2 Å². The summed E-state index contributed by atoms with van der Waals surface area (Å²) in [4.78, 5) is 24.0. The second kappa shape index (κ2) is 7.17. The lowest BCUT2D eigenvalue weighted by molar-refractivity contribution is -0.121. The van der Waals surface area contributed by atoms with Gasteiger partial charge in [-0.2, -0.15) is 0 Å². The number of nitrogens with one attached hydrogen (secondary N) is 2. The number of hydrogen-bond donors (Lipinski definition) is 2. The molecule has 2 N–H and O–H groups in total. The molecule has 7 heteroatoms. The highest BCUT2D eigenvalue weighted by Crippen LogP contribution is 2.27. The number of rotatable bonds is 3. The van der Waals surface area contributed by atoms with Gasteiger partial charge in [0.05, 0.1) is 12.7 Å². The lowest BCUT2D eigenvalue weighted by atomic mass is 10.1. The van der Waals surface area contributed by atoms with Gasteiger partial charge in [-0.15, -0.1) is 0 Å². The highest BCUT2D eigenvalue weighted by atomic mass is 35.5. The molecule has 3 aromatic rings. The Kier molecular flexibility index (Phi) is 4.97. The van der Waals surface area contributed by atoms with Crippen molar-refractivity contribution in [1.82, 2.24) is 10.9 Å². The van der Waals surface area contributed by atoms with E-state index in [0.29, 0.717) is 26.8 Å². The summed E-state index contributed by atoms with van der Waals surface area (Å²) in [6.07, 6.45) is 1.56. The minimum Gasteiger partial charge on any atom is -0.464 e. The first-order valence-electron chi connectivity index (χ1n) is 7.45. The standard InChI is InChI=1S/C18H14Cl2N2O3/c1-10-6-16-14(8-15(10)20)12(9-25-16)7-17(23)21-22-18(24)11-2-4-13(19)5-3-11/h2-6,8-9H,7H2,1H3,(H,21,23)(H,22,24). The van der Waals surface area contributed by atoms with Crippen molar-refractivity contribution in [3.63, 3.8) is 0 Å². The molecule has 0 saturated heterocycles. The highest BCUT2D eigenvalue weighted by Gasteiger charge is 2.13. The van der Waals surface area contributed by atoms with Crippen LogP contribution in [-0.4, -0.2) is 11.8 Å². The fourth-order valence-electron chi connectivity index (χ4n) is 2.36. The molecule has 1 aromatic heterocycles. The van der Waals surface area contributed by atoms with Crippen molar-refractivity contribution in [2.24, 2.45) is 0 Å². The van der Waals surface area contributed by atoms with E-state index in [1.807, 2.05) is 13.0 Å². The molecule has 0 atom stereocenters. The van der Waals surface area contributed by atoms with Gasteiger partial charge in [0.25, 0.3) is 5.91 Å². The second-order valence-corrected chi connectivity index (χ2v) is 6.39. The number of hydrogen-bond acceptors (Lipinski definition) is 3. The predicted molar refractivity (Wildman–Crippen MR) is 96.7 cm³/mol. The smallest absolute Gasteiger partial charge is 0.269 e. The molecule has 0 aliphatic rings. The molecule has 0 aliphatic carbocycles. The Balaban J connectivity index is 1.64. The number of furan rings is 1. The van der Waals surface area contributed by atoms with Gasteiger partial charge < -0.3 is 4.42 Å². The third kappa shape index (κ3) is 3.95. The first-order valence-corrected chi connectivity index (χ1v) is 8.20. The summed E-state index contributed by atoms with van der Waals surface area (Å²) < 4.78 is 5.45. The van der Waals surface area contributed by atoms with E-state index in [1.54, 1.807) is 30.3 Å². The topological polar surface area (TPSA) is 71.3 Å². The van der Waals surface area contributed by atoms with E-state index >= 15 is 0 Å². The van der Waals surface area contributed by atoms with Crippen LogP contribution in [-0.2, 0) is 11.2 Å². The van der Waals surface area contributed by atoms with E-state index in [2.05, 4.69) is 10.9 Å². The van der Waals surface area contributed by atoms with Crippen LogP contribution >= 0.6 is 23.2 Å². The molecule has 5 nitrogen and oxygen atoms in total. The second-order valence-electron chi connectivity index (χ2n) is 5.54. The summed E-state index contributed by atoms with van der Waals surface area (Å²) in [7, 11) is 0. The minimum absolute atomic E-state index is 0.0489. The summed E-state index contributed by atoms with van der Waals surface area (Å²) in [5.41, 5.74) is 7.38. The van der Waals surface area contributed by atoms with E-state index in [9.17, 15) is 9.59 Å². The average Bonchev–Trinajstić information content (AvgIpc) is 2.95. The molecule has 0 unspecified atom stereocenters. The fraction of sp³-hybridized carbons (Fsp3) is 0.111. The lowest BCUT2D eigenvalue weighted by Gasteiger charge is -2.07. The summed E-state index contributed by atoms with van der Waals surface area (Å²) in [6, 6.07) is 9.92. The van der Waals surface area contributed by atoms with Crippen molar-refractivity contribution in [1.29, 1.82) is 0 Å². The van der Waals surface area contributed by atoms with E-state index in [-0.39, 0.29) is 12.3 Å². The van der Waals surface area contributed by atoms with Gasteiger partial charge in [0.15, 0.2) is 0 Å². The predicted octanol–water partition coefficient (Wildman–Crippen LogP) is 4.05. The van der Waals surface area contributed by atoms with Crippen molar-refractivity contribution in [3.05, 3.63) is 69.4 Å². The van der Waals surface area contributed by atoms with Gasteiger partial charge in [-0.3, -0.25) is 20.4 Å². The van der Waals surface area contributed by atoms with Crippen LogP contribution in [0.2, 0.25) is 10.0 Å². The van der Waals surface area contributed by atoms with Gasteiger partial charge in [0.1, 0.15) is 5.58 Å². The maximum Gasteiger partial charge on any atom is 0.269 e. The summed E-state index contributed by atoms with van der Waals surface area (Å²) in [5.74, 6) is -0.803. The molecule has 0 aliphatic heterocycles. The summed E-state index contributed by atoms with van der Waals surface area (Å²) in [6.45, 7) is 1.88. The van der Waals surface area contributed by atoms with Crippen LogP contribution in [0.25, 0.3) is 11.0 Å². The monoisotopic (exact) mass is 376 g/mol. The van der Waals surface area contributed by atoms with Gasteiger partial charge >= 0.3 is 0 Å². The molecule has 0 saturated carbocycles. The van der Waals surface area contributed by atoms with Crippen LogP contribution < -0.4 is 10.9 Å². The minimum atomic E-state index is -0.430. The summed E-state index contributed by atoms with van der Waals surface area (Å²) in [5, 5.41) is 1.91. The van der Waals surface area contributed by atoms with Gasteiger partial charge in [0, 0.05) is 26.6 Å². The Hall–Kier alpha value is -2.50. The van der Waals surface area contributed by atoms with Crippen LogP contribution in [0, 0.1) is 6.92 Å². The normalized spacial score (nSPS) is 10.7. The number of amides is 2. The molecule has 0 radical (unpaired) electrons. The number of aryl methyl sites for hydroxylation is 1. The third-order valence-electron chi connectivity index (χ3n) is 3.71. The molecule has 2 amide bonds. The zero-order valence-electron chi connectivity index (χ0n) is 13.2. The summed E-state index contributed by atoms with van der Waals surface area (Å²) >= 11 is 11.9. The molecule has 128 valence electrons. The van der Waals surface area contributed by atoms with Crippen LogP contribution in [0.4, 0.5) is 0 Å². The zero-order valence-corrected chi connectivity index (χ0v) is 14.7. The van der Waals surface area contributed by atoms with Crippen molar-refractivity contribution >= 4 is 46.0 Å². The van der Waals surface area contributed by atoms with Crippen molar-refractivity contribution in [2.45, 2.75) is 13.3 Å². The largest absolute Gasteiger partial charge is 0.464 e. The number of benzene rings is 2. The van der Waals surface area contributed by atoms with Crippen molar-refractivity contribution in [3.8, 4) is 0 Å². The number of fused-ring (bicyclic) bond motifs is 1. The van der Waals surface area contributed by atoms with Gasteiger partial charge in [-0.05, 0) is 48.9 Å². The van der Waals surface area contributed by atoms with Gasteiger partial charge in [-0.25, -0.2) is 0 Å². The van der Waals surface area contributed by atoms with Crippen molar-refractivity contribution in [2.75, 3.05) is 0 Å². The molecule has 0 spiro atoms. The first-order chi connectivity index (χ1) is 11.9. The highest BCUT2D eigenvalue weighted by molar-refractivity contribution is 6.32. The average molecular weight is 377 g/mol. The quantitative estimate of drug-likeness (QED) is 0.677. The Labute approximate surface area is 153 Å². The number of hydrazine groups is 1. The fourth-order valence-corrected chi connectivity index (χ4v) is 2.65.